The van der Waals surface area contributed by atoms with Crippen LogP contribution >= 0.6 is 0 Å². The number of nitrogens with one attached hydrogen (secondary N) is 2. The van der Waals surface area contributed by atoms with Crippen LogP contribution in [-0.2, 0) is 4.74 Å². The van der Waals surface area contributed by atoms with Crippen molar-refractivity contribution in [3.05, 3.63) is 54.4 Å². The number of amides is 1. The van der Waals surface area contributed by atoms with Gasteiger partial charge in [0.15, 0.2) is 0 Å². The summed E-state index contributed by atoms with van der Waals surface area (Å²) in [5, 5.41) is 7.19. The Hall–Kier alpha value is -3.03. The van der Waals surface area contributed by atoms with E-state index in [1.807, 2.05) is 43.3 Å². The predicted octanol–water partition coefficient (Wildman–Crippen LogP) is 3.58. The molecule has 2 aromatic heterocycles. The highest BCUT2D eigenvalue weighted by Crippen LogP contribution is 2.26. The Morgan fingerprint density at radius 3 is 2.88 bits per heavy atom. The molecule has 1 atom stereocenters. The van der Waals surface area contributed by atoms with Crippen LogP contribution in [0.3, 0.4) is 0 Å². The second-order valence-corrected chi connectivity index (χ2v) is 7.85. The van der Waals surface area contributed by atoms with E-state index in [-0.39, 0.29) is 5.91 Å². The number of nitrogens with zero attached hydrogens (tertiary/aromatic N) is 2. The third kappa shape index (κ3) is 5.60. The van der Waals surface area contributed by atoms with Crippen molar-refractivity contribution in [3.8, 4) is 17.0 Å². The molecule has 1 aromatic carbocycles. The molecular formula is C25H30N4O3. The minimum Gasteiger partial charge on any atom is -0.494 e. The van der Waals surface area contributed by atoms with Crippen molar-refractivity contribution in [1.29, 1.82) is 0 Å². The molecule has 7 nitrogen and oxygen atoms in total. The molecule has 32 heavy (non-hydrogen) atoms. The van der Waals surface area contributed by atoms with Gasteiger partial charge in [0.2, 0.25) is 0 Å². The maximum absolute atomic E-state index is 13.0. The van der Waals surface area contributed by atoms with Crippen molar-refractivity contribution in [2.75, 3.05) is 32.8 Å². The van der Waals surface area contributed by atoms with E-state index >= 15 is 0 Å². The molecular weight excluding hydrogens is 404 g/mol. The number of aromatic nitrogens is 2. The zero-order chi connectivity index (χ0) is 22.2. The molecule has 0 unspecified atom stereocenters. The summed E-state index contributed by atoms with van der Waals surface area (Å²) in [6.45, 7) is 5.76. The molecule has 0 saturated carbocycles. The van der Waals surface area contributed by atoms with E-state index in [1.54, 1.807) is 12.4 Å². The van der Waals surface area contributed by atoms with Crippen LogP contribution in [0.25, 0.3) is 22.2 Å². The SMILES string of the molecule is CCOc1ccc(-c2cc(C(=O)NCCCNC[C@H]3CCCO3)c3cnccc3n2)cc1. The Bertz CT molecular complexity index is 1030. The first-order chi connectivity index (χ1) is 15.7. The molecule has 1 aliphatic rings. The lowest BCUT2D eigenvalue weighted by Gasteiger charge is -2.12. The Morgan fingerprint density at radius 1 is 1.22 bits per heavy atom. The van der Waals surface area contributed by atoms with Crippen molar-refractivity contribution in [3.63, 3.8) is 0 Å². The minimum atomic E-state index is -0.114. The summed E-state index contributed by atoms with van der Waals surface area (Å²) in [7, 11) is 0. The lowest BCUT2D eigenvalue weighted by Crippen LogP contribution is -2.30. The molecule has 3 heterocycles. The fourth-order valence-corrected chi connectivity index (χ4v) is 3.87. The fraction of sp³-hybridized carbons (Fsp3) is 0.400. The summed E-state index contributed by atoms with van der Waals surface area (Å²) >= 11 is 0. The monoisotopic (exact) mass is 434 g/mol. The van der Waals surface area contributed by atoms with Gasteiger partial charge < -0.3 is 20.1 Å². The Kier molecular flexibility index (Phi) is 7.64. The highest BCUT2D eigenvalue weighted by atomic mass is 16.5. The highest BCUT2D eigenvalue weighted by Gasteiger charge is 2.15. The van der Waals surface area contributed by atoms with Crippen molar-refractivity contribution >= 4 is 16.8 Å². The second-order valence-electron chi connectivity index (χ2n) is 7.85. The minimum absolute atomic E-state index is 0.114. The molecule has 3 aromatic rings. The van der Waals surface area contributed by atoms with E-state index in [0.29, 0.717) is 24.8 Å². The van der Waals surface area contributed by atoms with E-state index in [4.69, 9.17) is 14.5 Å². The summed E-state index contributed by atoms with van der Waals surface area (Å²) in [5.74, 6) is 0.698. The first-order valence-electron chi connectivity index (χ1n) is 11.3. The molecule has 168 valence electrons. The molecule has 1 fully saturated rings. The van der Waals surface area contributed by atoms with Crippen LogP contribution in [0.2, 0.25) is 0 Å². The highest BCUT2D eigenvalue weighted by molar-refractivity contribution is 6.06. The summed E-state index contributed by atoms with van der Waals surface area (Å²) in [5.41, 5.74) is 3.00. The van der Waals surface area contributed by atoms with Crippen LogP contribution < -0.4 is 15.4 Å². The number of ether oxygens (including phenoxy) is 2. The normalized spacial score (nSPS) is 15.7. The van der Waals surface area contributed by atoms with Crippen LogP contribution in [0, 0.1) is 0 Å². The molecule has 1 saturated heterocycles. The number of carbonyl (C=O) groups is 1. The summed E-state index contributed by atoms with van der Waals surface area (Å²) in [4.78, 5) is 21.9. The zero-order valence-electron chi connectivity index (χ0n) is 18.5. The summed E-state index contributed by atoms with van der Waals surface area (Å²) < 4.78 is 11.1. The molecule has 0 spiro atoms. The molecule has 0 radical (unpaired) electrons. The van der Waals surface area contributed by atoms with Crippen molar-refractivity contribution in [1.82, 2.24) is 20.6 Å². The number of carbonyl (C=O) groups excluding carboxylic acids is 1. The van der Waals surface area contributed by atoms with Gasteiger partial charge in [-0.1, -0.05) is 0 Å². The fourth-order valence-electron chi connectivity index (χ4n) is 3.87. The van der Waals surface area contributed by atoms with Crippen molar-refractivity contribution in [2.24, 2.45) is 0 Å². The van der Waals surface area contributed by atoms with Crippen LogP contribution in [0.15, 0.2) is 48.8 Å². The Labute approximate surface area is 188 Å². The third-order valence-electron chi connectivity index (χ3n) is 5.53. The van der Waals surface area contributed by atoms with Crippen LogP contribution in [0.4, 0.5) is 0 Å². The summed E-state index contributed by atoms with van der Waals surface area (Å²) in [6.07, 6.45) is 6.85. The van der Waals surface area contributed by atoms with Gasteiger partial charge in [-0.3, -0.25) is 9.78 Å². The molecule has 4 rings (SSSR count). The van der Waals surface area contributed by atoms with Gasteiger partial charge >= 0.3 is 0 Å². The molecule has 0 aliphatic carbocycles. The van der Waals surface area contributed by atoms with E-state index < -0.39 is 0 Å². The second kappa shape index (κ2) is 11.0. The number of hydrogen-bond donors (Lipinski definition) is 2. The molecule has 0 bridgehead atoms. The van der Waals surface area contributed by atoms with Crippen molar-refractivity contribution in [2.45, 2.75) is 32.3 Å². The van der Waals surface area contributed by atoms with Gasteiger partial charge in [0.05, 0.1) is 29.5 Å². The zero-order valence-corrected chi connectivity index (χ0v) is 18.5. The average molecular weight is 435 g/mol. The van der Waals surface area contributed by atoms with Crippen LogP contribution in [0.5, 0.6) is 5.75 Å². The van der Waals surface area contributed by atoms with Gasteiger partial charge in [0, 0.05) is 43.0 Å². The van der Waals surface area contributed by atoms with E-state index in [1.165, 1.54) is 0 Å². The first kappa shape index (κ1) is 22.2. The lowest BCUT2D eigenvalue weighted by atomic mass is 10.0. The maximum Gasteiger partial charge on any atom is 0.252 e. The molecule has 1 aliphatic heterocycles. The molecule has 2 N–H and O–H groups in total. The Morgan fingerprint density at radius 2 is 2.09 bits per heavy atom. The van der Waals surface area contributed by atoms with Gasteiger partial charge in [-0.25, -0.2) is 4.98 Å². The largest absolute Gasteiger partial charge is 0.494 e. The quantitative estimate of drug-likeness (QED) is 0.475. The standard InChI is InChI=1S/C25H30N4O3/c1-2-31-19-8-6-18(7-9-19)24-15-21(22-17-27-13-10-23(22)29-24)25(30)28-12-4-11-26-16-20-5-3-14-32-20/h6-10,13,15,17,20,26H,2-5,11-12,14,16H2,1H3,(H,28,30)/t20-/m1/s1. The van der Waals surface area contributed by atoms with Gasteiger partial charge in [0.25, 0.3) is 5.91 Å². The van der Waals surface area contributed by atoms with E-state index in [9.17, 15) is 4.79 Å². The number of hydrogen-bond acceptors (Lipinski definition) is 6. The smallest absolute Gasteiger partial charge is 0.252 e. The average Bonchev–Trinajstić information content (AvgIpc) is 3.35. The number of pyridine rings is 2. The number of rotatable bonds is 10. The van der Waals surface area contributed by atoms with Crippen molar-refractivity contribution < 1.29 is 14.3 Å². The van der Waals surface area contributed by atoms with Crippen LogP contribution in [0.1, 0.15) is 36.5 Å². The topological polar surface area (TPSA) is 85.4 Å². The van der Waals surface area contributed by atoms with Crippen LogP contribution in [-0.4, -0.2) is 54.8 Å². The third-order valence-corrected chi connectivity index (χ3v) is 5.53. The van der Waals surface area contributed by atoms with Gasteiger partial charge in [0.1, 0.15) is 5.75 Å². The van der Waals surface area contributed by atoms with Gasteiger partial charge in [-0.2, -0.15) is 0 Å². The van der Waals surface area contributed by atoms with Gasteiger partial charge in [-0.15, -0.1) is 0 Å². The molecule has 7 heteroatoms. The Balaban J connectivity index is 1.41. The van der Waals surface area contributed by atoms with E-state index in [0.717, 1.165) is 66.9 Å². The maximum atomic E-state index is 13.0. The number of fused-ring (bicyclic) bond motifs is 1. The molecule has 1 amide bonds. The predicted molar refractivity (Wildman–Crippen MR) is 125 cm³/mol. The first-order valence-corrected chi connectivity index (χ1v) is 11.3. The summed E-state index contributed by atoms with van der Waals surface area (Å²) in [6, 6.07) is 11.4. The lowest BCUT2D eigenvalue weighted by molar-refractivity contribution is 0.0953. The number of benzene rings is 1. The van der Waals surface area contributed by atoms with E-state index in [2.05, 4.69) is 15.6 Å². The van der Waals surface area contributed by atoms with Gasteiger partial charge in [-0.05, 0) is 69.1 Å².